The number of halogens is 1. The molecule has 3 nitrogen and oxygen atoms in total. The number of likely N-dealkylation sites (N-methyl/N-ethyl adjacent to an activating group) is 1. The molecule has 1 saturated heterocycles. The summed E-state index contributed by atoms with van der Waals surface area (Å²) in [6, 6.07) is 4.95. The predicted molar refractivity (Wildman–Crippen MR) is 69.1 cm³/mol. The normalized spacial score (nSPS) is 18.9. The van der Waals surface area contributed by atoms with E-state index in [0.717, 1.165) is 25.1 Å². The van der Waals surface area contributed by atoms with Gasteiger partial charge in [-0.15, -0.1) is 0 Å². The van der Waals surface area contributed by atoms with E-state index in [9.17, 15) is 9.18 Å². The van der Waals surface area contributed by atoms with Crippen LogP contribution >= 0.6 is 0 Å². The molecular formula is C14H19FN2O. The third-order valence-corrected chi connectivity index (χ3v) is 3.43. The number of amides is 1. The molecule has 1 heterocycles. The van der Waals surface area contributed by atoms with E-state index in [1.807, 2.05) is 13.8 Å². The van der Waals surface area contributed by atoms with Crippen molar-refractivity contribution in [2.75, 3.05) is 19.6 Å². The van der Waals surface area contributed by atoms with Gasteiger partial charge in [0.2, 0.25) is 0 Å². The number of rotatable bonds is 3. The summed E-state index contributed by atoms with van der Waals surface area (Å²) in [4.78, 5) is 14.1. The number of nitrogens with zero attached hydrogens (tertiary/aromatic N) is 1. The number of hydrogen-bond donors (Lipinski definition) is 1. The quantitative estimate of drug-likeness (QED) is 0.889. The Morgan fingerprint density at radius 1 is 1.56 bits per heavy atom. The summed E-state index contributed by atoms with van der Waals surface area (Å²) in [5, 5.41) is 3.23. The zero-order valence-corrected chi connectivity index (χ0v) is 10.9. The van der Waals surface area contributed by atoms with Crippen molar-refractivity contribution < 1.29 is 9.18 Å². The molecule has 1 aliphatic heterocycles. The fourth-order valence-corrected chi connectivity index (χ4v) is 2.42. The molecule has 1 aliphatic rings. The van der Waals surface area contributed by atoms with Gasteiger partial charge in [-0.3, -0.25) is 4.79 Å². The zero-order chi connectivity index (χ0) is 13.1. The molecule has 0 bridgehead atoms. The summed E-state index contributed by atoms with van der Waals surface area (Å²) in [5.41, 5.74) is 1.00. The lowest BCUT2D eigenvalue weighted by Crippen LogP contribution is -2.41. The Kier molecular flexibility index (Phi) is 3.97. The smallest absolute Gasteiger partial charge is 0.257 e. The van der Waals surface area contributed by atoms with E-state index in [-0.39, 0.29) is 17.5 Å². The van der Waals surface area contributed by atoms with Crippen molar-refractivity contribution in [2.24, 2.45) is 0 Å². The highest BCUT2D eigenvalue weighted by Crippen LogP contribution is 2.16. The van der Waals surface area contributed by atoms with Crippen molar-refractivity contribution in [2.45, 2.75) is 26.3 Å². The molecule has 2 rings (SSSR count). The maximum Gasteiger partial charge on any atom is 0.257 e. The second kappa shape index (κ2) is 5.48. The maximum absolute atomic E-state index is 13.8. The van der Waals surface area contributed by atoms with Crippen LogP contribution in [0.4, 0.5) is 4.39 Å². The average molecular weight is 250 g/mol. The molecule has 0 radical (unpaired) electrons. The Morgan fingerprint density at radius 3 is 2.89 bits per heavy atom. The molecular weight excluding hydrogens is 231 g/mol. The molecule has 0 spiro atoms. The van der Waals surface area contributed by atoms with Crippen molar-refractivity contribution in [3.05, 3.63) is 35.1 Å². The van der Waals surface area contributed by atoms with Gasteiger partial charge < -0.3 is 10.2 Å². The lowest BCUT2D eigenvalue weighted by molar-refractivity contribution is 0.0699. The number of benzene rings is 1. The summed E-state index contributed by atoms with van der Waals surface area (Å²) >= 11 is 0. The lowest BCUT2D eigenvalue weighted by Gasteiger charge is -2.27. The third-order valence-electron chi connectivity index (χ3n) is 3.43. The van der Waals surface area contributed by atoms with Crippen molar-refractivity contribution in [1.82, 2.24) is 10.2 Å². The summed E-state index contributed by atoms with van der Waals surface area (Å²) in [5.74, 6) is -0.631. The zero-order valence-electron chi connectivity index (χ0n) is 10.9. The average Bonchev–Trinajstić information content (AvgIpc) is 2.83. The highest BCUT2D eigenvalue weighted by atomic mass is 19.1. The van der Waals surface area contributed by atoms with Crippen LogP contribution in [0.3, 0.4) is 0 Å². The van der Waals surface area contributed by atoms with Crippen LogP contribution in [-0.2, 0) is 0 Å². The van der Waals surface area contributed by atoms with Gasteiger partial charge in [0.05, 0.1) is 5.56 Å². The second-order valence-electron chi connectivity index (χ2n) is 4.72. The standard InChI is InChI=1S/C14H19FN2O/c1-3-17(11-6-7-16-9-11)14(18)12-5-4-10(2)8-13(12)15/h4-5,8,11,16H,3,6-7,9H2,1-2H3. The minimum Gasteiger partial charge on any atom is -0.335 e. The van der Waals surface area contributed by atoms with E-state index < -0.39 is 5.82 Å². The molecule has 1 N–H and O–H groups in total. The van der Waals surface area contributed by atoms with Crippen LogP contribution in [0.2, 0.25) is 0 Å². The van der Waals surface area contributed by atoms with E-state index in [1.54, 1.807) is 17.0 Å². The van der Waals surface area contributed by atoms with E-state index in [0.29, 0.717) is 6.54 Å². The predicted octanol–water partition coefficient (Wildman–Crippen LogP) is 1.96. The van der Waals surface area contributed by atoms with Gasteiger partial charge in [0.15, 0.2) is 0 Å². The van der Waals surface area contributed by atoms with Gasteiger partial charge in [0.1, 0.15) is 5.82 Å². The topological polar surface area (TPSA) is 32.3 Å². The molecule has 1 unspecified atom stereocenters. The number of carbonyl (C=O) groups excluding carboxylic acids is 1. The van der Waals surface area contributed by atoms with E-state index in [4.69, 9.17) is 0 Å². The lowest BCUT2D eigenvalue weighted by atomic mass is 10.1. The van der Waals surface area contributed by atoms with Gasteiger partial charge in [-0.25, -0.2) is 4.39 Å². The fraction of sp³-hybridized carbons (Fsp3) is 0.500. The molecule has 1 amide bonds. The van der Waals surface area contributed by atoms with E-state index >= 15 is 0 Å². The number of hydrogen-bond acceptors (Lipinski definition) is 2. The highest BCUT2D eigenvalue weighted by molar-refractivity contribution is 5.94. The van der Waals surface area contributed by atoms with Crippen LogP contribution in [0.25, 0.3) is 0 Å². The molecule has 1 fully saturated rings. The minimum atomic E-state index is -0.426. The summed E-state index contributed by atoms with van der Waals surface area (Å²) in [6.07, 6.45) is 0.938. The van der Waals surface area contributed by atoms with Crippen molar-refractivity contribution in [3.63, 3.8) is 0 Å². The number of aryl methyl sites for hydroxylation is 1. The van der Waals surface area contributed by atoms with Crippen LogP contribution < -0.4 is 5.32 Å². The van der Waals surface area contributed by atoms with Crippen LogP contribution in [0.5, 0.6) is 0 Å². The van der Waals surface area contributed by atoms with Gasteiger partial charge in [0, 0.05) is 19.1 Å². The molecule has 1 atom stereocenters. The largest absolute Gasteiger partial charge is 0.335 e. The first kappa shape index (κ1) is 13.0. The Morgan fingerprint density at radius 2 is 2.33 bits per heavy atom. The molecule has 18 heavy (non-hydrogen) atoms. The number of carbonyl (C=O) groups is 1. The third kappa shape index (κ3) is 2.53. The molecule has 4 heteroatoms. The molecule has 98 valence electrons. The minimum absolute atomic E-state index is 0.175. The molecule has 0 aromatic heterocycles. The van der Waals surface area contributed by atoms with E-state index in [1.165, 1.54) is 6.07 Å². The Labute approximate surface area is 107 Å². The summed E-state index contributed by atoms with van der Waals surface area (Å²) < 4.78 is 13.8. The Balaban J connectivity index is 2.22. The second-order valence-corrected chi connectivity index (χ2v) is 4.72. The first-order valence-electron chi connectivity index (χ1n) is 6.41. The first-order valence-corrected chi connectivity index (χ1v) is 6.41. The Hall–Kier alpha value is -1.42. The maximum atomic E-state index is 13.8. The Bertz CT molecular complexity index is 441. The van der Waals surface area contributed by atoms with Crippen molar-refractivity contribution in [3.8, 4) is 0 Å². The molecule has 1 aromatic carbocycles. The first-order chi connectivity index (χ1) is 8.63. The van der Waals surface area contributed by atoms with Crippen LogP contribution in [0.15, 0.2) is 18.2 Å². The van der Waals surface area contributed by atoms with Gasteiger partial charge >= 0.3 is 0 Å². The van der Waals surface area contributed by atoms with Gasteiger partial charge in [-0.1, -0.05) is 6.07 Å². The van der Waals surface area contributed by atoms with Crippen molar-refractivity contribution in [1.29, 1.82) is 0 Å². The van der Waals surface area contributed by atoms with Crippen LogP contribution in [0, 0.1) is 12.7 Å². The van der Waals surface area contributed by atoms with Gasteiger partial charge in [0.25, 0.3) is 5.91 Å². The molecule has 0 saturated carbocycles. The summed E-state index contributed by atoms with van der Waals surface area (Å²) in [6.45, 7) is 6.08. The number of nitrogens with one attached hydrogen (secondary N) is 1. The summed E-state index contributed by atoms with van der Waals surface area (Å²) in [7, 11) is 0. The monoisotopic (exact) mass is 250 g/mol. The van der Waals surface area contributed by atoms with Gasteiger partial charge in [-0.2, -0.15) is 0 Å². The highest BCUT2D eigenvalue weighted by Gasteiger charge is 2.27. The fourth-order valence-electron chi connectivity index (χ4n) is 2.42. The van der Waals surface area contributed by atoms with E-state index in [2.05, 4.69) is 5.32 Å². The van der Waals surface area contributed by atoms with Crippen molar-refractivity contribution >= 4 is 5.91 Å². The van der Waals surface area contributed by atoms with Crippen LogP contribution in [-0.4, -0.2) is 36.5 Å². The molecule has 1 aromatic rings. The molecule has 0 aliphatic carbocycles. The SMILES string of the molecule is CCN(C(=O)c1ccc(C)cc1F)C1CCNC1. The van der Waals surface area contributed by atoms with Crippen LogP contribution in [0.1, 0.15) is 29.3 Å². The van der Waals surface area contributed by atoms with Gasteiger partial charge in [-0.05, 0) is 44.5 Å².